The molecule has 0 saturated carbocycles. The highest BCUT2D eigenvalue weighted by atomic mass is 19.1. The van der Waals surface area contributed by atoms with Crippen LogP contribution in [0.1, 0.15) is 16.1 Å². The lowest BCUT2D eigenvalue weighted by molar-refractivity contribution is -0.755. The minimum Gasteiger partial charge on any atom is -0.410 e. The van der Waals surface area contributed by atoms with E-state index in [9.17, 15) is 14.4 Å². The summed E-state index contributed by atoms with van der Waals surface area (Å²) in [4.78, 5) is 16.9. The van der Waals surface area contributed by atoms with Crippen LogP contribution in [-0.2, 0) is 20.6 Å². The maximum absolute atomic E-state index is 13.0. The summed E-state index contributed by atoms with van der Waals surface area (Å²) >= 11 is 0. The van der Waals surface area contributed by atoms with Gasteiger partial charge in [-0.3, -0.25) is 9.78 Å². The van der Waals surface area contributed by atoms with E-state index < -0.39 is 5.91 Å². The van der Waals surface area contributed by atoms with Crippen molar-refractivity contribution in [2.24, 2.45) is 19.3 Å². The molecule has 0 aliphatic rings. The molecule has 3 aromatic rings. The maximum Gasteiger partial charge on any atom is 0.325 e. The van der Waals surface area contributed by atoms with Gasteiger partial charge in [-0.1, -0.05) is 17.3 Å². The van der Waals surface area contributed by atoms with Gasteiger partial charge in [-0.05, 0) is 29.8 Å². The second-order valence-corrected chi connectivity index (χ2v) is 5.52. The number of carbonyl (C=O) groups is 1. The lowest BCUT2D eigenvalue weighted by Crippen LogP contribution is -2.53. The summed E-state index contributed by atoms with van der Waals surface area (Å²) in [6.07, 6.45) is 1.57. The fourth-order valence-corrected chi connectivity index (χ4v) is 2.63. The van der Waals surface area contributed by atoms with E-state index in [1.54, 1.807) is 47.9 Å². The second-order valence-electron chi connectivity index (χ2n) is 5.52. The molecule has 8 heteroatoms. The van der Waals surface area contributed by atoms with Gasteiger partial charge in [-0.15, -0.1) is 4.68 Å². The molecule has 0 spiro atoms. The number of fused-ring (bicyclic) bond motifs is 1. The van der Waals surface area contributed by atoms with Gasteiger partial charge in [0, 0.05) is 12.7 Å². The van der Waals surface area contributed by atoms with Crippen LogP contribution in [0.5, 0.6) is 0 Å². The summed E-state index contributed by atoms with van der Waals surface area (Å²) in [5.41, 5.74) is 2.05. The Labute approximate surface area is 142 Å². The molecule has 25 heavy (non-hydrogen) atoms. The summed E-state index contributed by atoms with van der Waals surface area (Å²) in [7, 11) is 3.47. The fourth-order valence-electron chi connectivity index (χ4n) is 2.63. The molecule has 1 amide bonds. The van der Waals surface area contributed by atoms with Crippen LogP contribution in [0.15, 0.2) is 47.8 Å². The van der Waals surface area contributed by atoms with Gasteiger partial charge in [0.25, 0.3) is 0 Å². The van der Waals surface area contributed by atoms with E-state index in [0.29, 0.717) is 11.0 Å². The average Bonchev–Trinajstić information content (AvgIpc) is 2.63. The van der Waals surface area contributed by atoms with E-state index in [2.05, 4.69) is 15.5 Å². The van der Waals surface area contributed by atoms with Crippen LogP contribution in [-0.4, -0.2) is 20.8 Å². The number of aromatic nitrogens is 3. The zero-order valence-electron chi connectivity index (χ0n) is 13.8. The van der Waals surface area contributed by atoms with Crippen LogP contribution in [0, 0.1) is 5.82 Å². The van der Waals surface area contributed by atoms with Gasteiger partial charge in [-0.25, -0.2) is 4.39 Å². The molecule has 2 heterocycles. The Morgan fingerprint density at radius 3 is 2.76 bits per heavy atom. The Hall–Kier alpha value is -3.29. The number of amides is 1. The van der Waals surface area contributed by atoms with Crippen molar-refractivity contribution in [3.8, 4) is 0 Å². The van der Waals surface area contributed by atoms with Crippen molar-refractivity contribution in [1.82, 2.24) is 15.0 Å². The van der Waals surface area contributed by atoms with Crippen LogP contribution in [0.2, 0.25) is 0 Å². The topological polar surface area (TPSA) is 83.4 Å². The molecule has 3 rings (SSSR count). The lowest BCUT2D eigenvalue weighted by Gasteiger charge is -2.09. The number of rotatable bonds is 3. The zero-order valence-corrected chi connectivity index (χ0v) is 13.8. The normalized spacial score (nSPS) is 11.7. The first-order valence-corrected chi connectivity index (χ1v) is 7.57. The Balaban J connectivity index is 2.01. The van der Waals surface area contributed by atoms with E-state index in [0.717, 1.165) is 5.56 Å². The highest BCUT2D eigenvalue weighted by Crippen LogP contribution is 2.05. The summed E-state index contributed by atoms with van der Waals surface area (Å²) in [6, 6.07) is 9.42. The molecule has 0 saturated heterocycles. The van der Waals surface area contributed by atoms with Crippen molar-refractivity contribution in [3.63, 3.8) is 0 Å². The Kier molecular flexibility index (Phi) is 4.42. The van der Waals surface area contributed by atoms with Gasteiger partial charge in [0.05, 0.1) is 7.05 Å². The molecule has 0 aliphatic heterocycles. The van der Waals surface area contributed by atoms with Crippen molar-refractivity contribution in [3.05, 3.63) is 65.0 Å². The smallest absolute Gasteiger partial charge is 0.325 e. The van der Waals surface area contributed by atoms with Gasteiger partial charge in [0.1, 0.15) is 16.9 Å². The van der Waals surface area contributed by atoms with Gasteiger partial charge < -0.3 is 10.5 Å². The molecule has 2 N–H and O–H groups in total. The molecule has 0 unspecified atom stereocenters. The summed E-state index contributed by atoms with van der Waals surface area (Å²) < 4.78 is 16.3. The van der Waals surface area contributed by atoms with E-state index >= 15 is 0 Å². The molecule has 128 valence electrons. The second kappa shape index (κ2) is 6.68. The van der Waals surface area contributed by atoms with Crippen LogP contribution >= 0.6 is 0 Å². The number of benzene rings is 1. The third-order valence-electron chi connectivity index (χ3n) is 4.04. The Morgan fingerprint density at radius 2 is 2.08 bits per heavy atom. The molecular weight excluding hydrogens is 325 g/mol. The van der Waals surface area contributed by atoms with Gasteiger partial charge in [0.2, 0.25) is 5.36 Å². The van der Waals surface area contributed by atoms with E-state index in [-0.39, 0.29) is 23.4 Å². The number of nitrogens with one attached hydrogen (secondary N) is 1. The van der Waals surface area contributed by atoms with Crippen molar-refractivity contribution < 1.29 is 19.1 Å². The summed E-state index contributed by atoms with van der Waals surface area (Å²) in [5.74, 6) is -0.766. The molecule has 0 bridgehead atoms. The fraction of sp³-hybridized carbons (Fsp3) is 0.176. The Morgan fingerprint density at radius 1 is 1.36 bits per heavy atom. The monoisotopic (exact) mass is 342 g/mol. The Bertz CT molecular complexity index is 1010. The number of hydrogen-bond acceptors (Lipinski definition) is 4. The molecule has 0 atom stereocenters. The molecule has 0 radical (unpaired) electrons. The first kappa shape index (κ1) is 16.6. The number of aryl methyl sites for hydroxylation is 1. The minimum atomic E-state index is -0.428. The number of carbonyl (C=O) groups excluding carboxylic acids is 1. The quantitative estimate of drug-likeness (QED) is 0.419. The molecule has 7 nitrogen and oxygen atoms in total. The summed E-state index contributed by atoms with van der Waals surface area (Å²) in [5, 5.41) is 15.6. The number of hydrogen-bond donors (Lipinski definition) is 2. The lowest BCUT2D eigenvalue weighted by atomic mass is 10.2. The standard InChI is InChI=1S/C17H16FN5O2/c1-22-13-4-3-9-19-14(13)15(21-25)16(23(22)2)17(24)20-10-11-5-7-12(18)8-6-11/h3-9H,10H2,1-2H3,(H,20,24)/p+1. The van der Waals surface area contributed by atoms with Crippen molar-refractivity contribution >= 4 is 16.9 Å². The van der Waals surface area contributed by atoms with Crippen molar-refractivity contribution in [2.75, 3.05) is 0 Å². The first-order valence-electron chi connectivity index (χ1n) is 7.57. The summed E-state index contributed by atoms with van der Waals surface area (Å²) in [6.45, 7) is 0.216. The van der Waals surface area contributed by atoms with Gasteiger partial charge in [-0.2, -0.15) is 4.68 Å². The molecule has 0 fully saturated rings. The maximum atomic E-state index is 13.0. The van der Waals surface area contributed by atoms with Crippen LogP contribution < -0.4 is 15.4 Å². The minimum absolute atomic E-state index is 0.0906. The van der Waals surface area contributed by atoms with Crippen LogP contribution in [0.25, 0.3) is 11.0 Å². The van der Waals surface area contributed by atoms with Crippen molar-refractivity contribution in [1.29, 1.82) is 0 Å². The molecule has 2 aromatic heterocycles. The third-order valence-corrected chi connectivity index (χ3v) is 4.04. The zero-order chi connectivity index (χ0) is 18.0. The SMILES string of the molecule is Cn1c2cccnc2/c(=N/O)c(C(=O)NCc2ccc(F)cc2)[n+]1C. The van der Waals surface area contributed by atoms with Crippen LogP contribution in [0.3, 0.4) is 0 Å². The average molecular weight is 342 g/mol. The number of nitrogens with zero attached hydrogens (tertiary/aromatic N) is 4. The molecular formula is C17H17FN5O2+. The van der Waals surface area contributed by atoms with Gasteiger partial charge >= 0.3 is 11.6 Å². The first-order chi connectivity index (χ1) is 12.0. The van der Waals surface area contributed by atoms with E-state index in [4.69, 9.17) is 0 Å². The highest BCUT2D eigenvalue weighted by Gasteiger charge is 2.26. The number of pyridine rings is 1. The predicted octanol–water partition coefficient (Wildman–Crippen LogP) is 0.757. The largest absolute Gasteiger partial charge is 0.410 e. The van der Waals surface area contributed by atoms with Crippen molar-refractivity contribution in [2.45, 2.75) is 6.54 Å². The van der Waals surface area contributed by atoms with Gasteiger partial charge in [0.15, 0.2) is 7.05 Å². The third kappa shape index (κ3) is 3.06. The molecule has 0 aliphatic carbocycles. The van der Waals surface area contributed by atoms with Crippen LogP contribution in [0.4, 0.5) is 4.39 Å². The molecule has 1 aromatic carbocycles. The number of halogens is 1. The van der Waals surface area contributed by atoms with E-state index in [1.165, 1.54) is 12.1 Å². The highest BCUT2D eigenvalue weighted by molar-refractivity contribution is 5.92. The predicted molar refractivity (Wildman–Crippen MR) is 86.8 cm³/mol. The van der Waals surface area contributed by atoms with E-state index in [1.807, 2.05) is 6.07 Å².